The van der Waals surface area contributed by atoms with Gasteiger partial charge in [0.1, 0.15) is 11.6 Å². The number of rotatable bonds is 3. The molecule has 0 aliphatic rings. The summed E-state index contributed by atoms with van der Waals surface area (Å²) in [6.45, 7) is 6.30. The number of nitrogen functional groups attached to an aromatic ring is 2. The summed E-state index contributed by atoms with van der Waals surface area (Å²) >= 11 is 0. The predicted molar refractivity (Wildman–Crippen MR) is 54.7 cm³/mol. The molecule has 0 bridgehead atoms. The molecule has 0 saturated heterocycles. The van der Waals surface area contributed by atoms with E-state index in [1.165, 1.54) is 4.68 Å². The molecule has 1 aromatic heterocycles. The zero-order valence-corrected chi connectivity index (χ0v) is 8.54. The van der Waals surface area contributed by atoms with Crippen LogP contribution in [0.5, 0.6) is 0 Å². The number of aryl methyl sites for hydroxylation is 1. The molecular weight excluding hydrogens is 164 g/mol. The molecule has 0 radical (unpaired) electrons. The normalized spacial score (nSPS) is 11.1. The van der Waals surface area contributed by atoms with E-state index in [-0.39, 0.29) is 0 Å². The highest BCUT2D eigenvalue weighted by Gasteiger charge is 2.11. The third-order valence-electron chi connectivity index (χ3n) is 2.02. The summed E-state index contributed by atoms with van der Waals surface area (Å²) in [4.78, 5) is 4.38. The standard InChI is InChI=1S/C9H18N4/c1-4-8-12-7(5-6(2)3)9(10)13(8)11/h6H,4-5,10-11H2,1-3H3. The van der Waals surface area contributed by atoms with Crippen LogP contribution in [0.2, 0.25) is 0 Å². The van der Waals surface area contributed by atoms with Crippen LogP contribution in [0.3, 0.4) is 0 Å². The Morgan fingerprint density at radius 3 is 2.46 bits per heavy atom. The lowest BCUT2D eigenvalue weighted by Gasteiger charge is -2.02. The van der Waals surface area contributed by atoms with Crippen molar-refractivity contribution in [1.29, 1.82) is 0 Å². The van der Waals surface area contributed by atoms with Crippen LogP contribution < -0.4 is 11.6 Å². The Balaban J connectivity index is 2.95. The van der Waals surface area contributed by atoms with E-state index in [4.69, 9.17) is 11.6 Å². The monoisotopic (exact) mass is 182 g/mol. The average molecular weight is 182 g/mol. The SMILES string of the molecule is CCc1nc(CC(C)C)c(N)n1N. The fourth-order valence-electron chi connectivity index (χ4n) is 1.33. The number of nitrogens with zero attached hydrogens (tertiary/aromatic N) is 2. The Labute approximate surface area is 78.9 Å². The highest BCUT2D eigenvalue weighted by atomic mass is 15.4. The molecule has 13 heavy (non-hydrogen) atoms. The van der Waals surface area contributed by atoms with E-state index in [1.807, 2.05) is 6.92 Å². The van der Waals surface area contributed by atoms with Gasteiger partial charge < -0.3 is 11.6 Å². The van der Waals surface area contributed by atoms with Gasteiger partial charge in [-0.15, -0.1) is 0 Å². The van der Waals surface area contributed by atoms with Gasteiger partial charge in [0, 0.05) is 6.42 Å². The van der Waals surface area contributed by atoms with E-state index in [2.05, 4.69) is 18.8 Å². The Morgan fingerprint density at radius 1 is 1.46 bits per heavy atom. The molecule has 1 heterocycles. The Bertz CT molecular complexity index is 288. The molecule has 0 saturated carbocycles. The molecule has 0 aliphatic heterocycles. The van der Waals surface area contributed by atoms with Crippen molar-refractivity contribution in [2.75, 3.05) is 11.6 Å². The van der Waals surface area contributed by atoms with Gasteiger partial charge >= 0.3 is 0 Å². The molecule has 0 fully saturated rings. The first-order chi connectivity index (χ1) is 6.06. The average Bonchev–Trinajstić information content (AvgIpc) is 2.32. The van der Waals surface area contributed by atoms with Crippen molar-refractivity contribution < 1.29 is 0 Å². The van der Waals surface area contributed by atoms with Crippen molar-refractivity contribution in [3.05, 3.63) is 11.5 Å². The van der Waals surface area contributed by atoms with Gasteiger partial charge in [-0.2, -0.15) is 0 Å². The van der Waals surface area contributed by atoms with Gasteiger partial charge in [-0.3, -0.25) is 0 Å². The Kier molecular flexibility index (Phi) is 2.80. The number of aromatic nitrogens is 2. The van der Waals surface area contributed by atoms with Crippen molar-refractivity contribution >= 4 is 5.82 Å². The molecule has 4 heteroatoms. The van der Waals surface area contributed by atoms with E-state index in [0.29, 0.717) is 11.7 Å². The molecule has 0 atom stereocenters. The lowest BCUT2D eigenvalue weighted by Crippen LogP contribution is -2.15. The number of anilines is 1. The molecule has 1 aromatic rings. The molecule has 74 valence electrons. The molecular formula is C9H18N4. The summed E-state index contributed by atoms with van der Waals surface area (Å²) in [6, 6.07) is 0. The molecule has 0 aliphatic carbocycles. The van der Waals surface area contributed by atoms with Gasteiger partial charge in [0.05, 0.1) is 5.69 Å². The fraction of sp³-hybridized carbons (Fsp3) is 0.667. The van der Waals surface area contributed by atoms with Gasteiger partial charge in [-0.1, -0.05) is 20.8 Å². The lowest BCUT2D eigenvalue weighted by molar-refractivity contribution is 0.637. The molecule has 0 aromatic carbocycles. The third-order valence-corrected chi connectivity index (χ3v) is 2.02. The number of nitrogens with two attached hydrogens (primary N) is 2. The first-order valence-corrected chi connectivity index (χ1v) is 4.67. The van der Waals surface area contributed by atoms with Gasteiger partial charge in [0.25, 0.3) is 0 Å². The van der Waals surface area contributed by atoms with Crippen LogP contribution in [-0.2, 0) is 12.8 Å². The second kappa shape index (κ2) is 3.68. The minimum atomic E-state index is 0.557. The highest BCUT2D eigenvalue weighted by molar-refractivity contribution is 5.38. The van der Waals surface area contributed by atoms with E-state index in [1.54, 1.807) is 0 Å². The van der Waals surface area contributed by atoms with Gasteiger partial charge in [-0.05, 0) is 12.3 Å². The molecule has 0 spiro atoms. The second-order valence-corrected chi connectivity index (χ2v) is 3.68. The minimum absolute atomic E-state index is 0.557. The maximum atomic E-state index is 5.80. The predicted octanol–water partition coefficient (Wildman–Crippen LogP) is 0.940. The molecule has 0 amide bonds. The van der Waals surface area contributed by atoms with Crippen molar-refractivity contribution in [2.45, 2.75) is 33.6 Å². The van der Waals surface area contributed by atoms with Gasteiger partial charge in [0.15, 0.2) is 0 Å². The number of imidazole rings is 1. The van der Waals surface area contributed by atoms with Crippen molar-refractivity contribution in [3.63, 3.8) is 0 Å². The topological polar surface area (TPSA) is 69.9 Å². The smallest absolute Gasteiger partial charge is 0.145 e. The van der Waals surface area contributed by atoms with Gasteiger partial charge in [-0.25, -0.2) is 9.66 Å². The zero-order valence-electron chi connectivity index (χ0n) is 8.54. The fourth-order valence-corrected chi connectivity index (χ4v) is 1.33. The minimum Gasteiger partial charge on any atom is -0.382 e. The Morgan fingerprint density at radius 2 is 2.08 bits per heavy atom. The number of hydrogen-bond donors (Lipinski definition) is 2. The molecule has 4 N–H and O–H groups in total. The number of hydrogen-bond acceptors (Lipinski definition) is 3. The van der Waals surface area contributed by atoms with E-state index >= 15 is 0 Å². The van der Waals surface area contributed by atoms with Crippen LogP contribution in [-0.4, -0.2) is 9.66 Å². The van der Waals surface area contributed by atoms with Gasteiger partial charge in [0.2, 0.25) is 0 Å². The Hall–Kier alpha value is -1.19. The summed E-state index contributed by atoms with van der Waals surface area (Å²) in [5, 5.41) is 0. The quantitative estimate of drug-likeness (QED) is 0.683. The highest BCUT2D eigenvalue weighted by Crippen LogP contribution is 2.15. The van der Waals surface area contributed by atoms with Crippen LogP contribution in [0.15, 0.2) is 0 Å². The van der Waals surface area contributed by atoms with Crippen LogP contribution in [0.4, 0.5) is 5.82 Å². The van der Waals surface area contributed by atoms with Crippen LogP contribution in [0.25, 0.3) is 0 Å². The largest absolute Gasteiger partial charge is 0.382 e. The molecule has 0 unspecified atom stereocenters. The third kappa shape index (κ3) is 1.94. The van der Waals surface area contributed by atoms with E-state index in [9.17, 15) is 0 Å². The van der Waals surface area contributed by atoms with Crippen LogP contribution in [0, 0.1) is 5.92 Å². The second-order valence-electron chi connectivity index (χ2n) is 3.68. The maximum Gasteiger partial charge on any atom is 0.145 e. The van der Waals surface area contributed by atoms with Crippen LogP contribution in [0.1, 0.15) is 32.3 Å². The molecule has 4 nitrogen and oxygen atoms in total. The lowest BCUT2D eigenvalue weighted by atomic mass is 10.1. The molecule has 1 rings (SSSR count). The summed E-state index contributed by atoms with van der Waals surface area (Å²) in [6.07, 6.45) is 1.71. The first kappa shape index (κ1) is 9.89. The summed E-state index contributed by atoms with van der Waals surface area (Å²) < 4.78 is 1.48. The van der Waals surface area contributed by atoms with E-state index < -0.39 is 0 Å². The van der Waals surface area contributed by atoms with Crippen molar-refractivity contribution in [2.24, 2.45) is 5.92 Å². The summed E-state index contributed by atoms with van der Waals surface area (Å²) in [5.74, 6) is 7.73. The maximum absolute atomic E-state index is 5.80. The van der Waals surface area contributed by atoms with Crippen LogP contribution >= 0.6 is 0 Å². The first-order valence-electron chi connectivity index (χ1n) is 4.67. The summed E-state index contributed by atoms with van der Waals surface area (Å²) in [5.41, 5.74) is 6.73. The summed E-state index contributed by atoms with van der Waals surface area (Å²) in [7, 11) is 0. The van der Waals surface area contributed by atoms with E-state index in [0.717, 1.165) is 24.4 Å². The van der Waals surface area contributed by atoms with Crippen molar-refractivity contribution in [1.82, 2.24) is 9.66 Å². The zero-order chi connectivity index (χ0) is 10.0. The van der Waals surface area contributed by atoms with Crippen molar-refractivity contribution in [3.8, 4) is 0 Å².